The highest BCUT2D eigenvalue weighted by molar-refractivity contribution is 7.71. The number of hydrogen-bond donors (Lipinski definition) is 0. The van der Waals surface area contributed by atoms with Gasteiger partial charge >= 0.3 is 12.4 Å². The Balaban J connectivity index is 2.34. The first-order valence-corrected chi connectivity index (χ1v) is 11.8. The van der Waals surface area contributed by atoms with Crippen LogP contribution < -0.4 is 5.30 Å². The van der Waals surface area contributed by atoms with E-state index in [0.29, 0.717) is 29.3 Å². The third kappa shape index (κ3) is 4.85. The van der Waals surface area contributed by atoms with Crippen LogP contribution in [0.5, 0.6) is 0 Å². The molecular formula is C26H20F6O3P. The summed E-state index contributed by atoms with van der Waals surface area (Å²) in [4.78, 5) is 26.8. The van der Waals surface area contributed by atoms with Gasteiger partial charge in [-0.3, -0.25) is 14.2 Å². The van der Waals surface area contributed by atoms with E-state index in [4.69, 9.17) is 0 Å². The van der Waals surface area contributed by atoms with Crippen molar-refractivity contribution < 1.29 is 40.5 Å². The SMILES string of the molecule is Cc1c(C)c(C(=O)c2c(C(F)(F)F)cccc2C(F)(F)F)c(C)c(C(=O)[P](=O)c2ccccc2)c1C. The molecule has 0 fully saturated rings. The van der Waals surface area contributed by atoms with Crippen molar-refractivity contribution in [3.63, 3.8) is 0 Å². The fraction of sp³-hybridized carbons (Fsp3) is 0.231. The minimum absolute atomic E-state index is 0.130. The molecule has 0 heterocycles. The maximum absolute atomic E-state index is 13.7. The molecule has 0 saturated carbocycles. The summed E-state index contributed by atoms with van der Waals surface area (Å²) in [6, 6.07) is 9.11. The number of halogens is 6. The highest BCUT2D eigenvalue weighted by atomic mass is 31.1. The Bertz CT molecular complexity index is 1360. The van der Waals surface area contributed by atoms with Crippen LogP contribution in [0.4, 0.5) is 26.3 Å². The molecule has 3 aromatic rings. The number of alkyl halides is 6. The van der Waals surface area contributed by atoms with E-state index >= 15 is 0 Å². The smallest absolute Gasteiger partial charge is 0.289 e. The molecule has 1 atom stereocenters. The molecule has 0 aliphatic heterocycles. The second kappa shape index (κ2) is 9.62. The van der Waals surface area contributed by atoms with Gasteiger partial charge < -0.3 is 0 Å². The topological polar surface area (TPSA) is 51.2 Å². The minimum Gasteiger partial charge on any atom is -0.289 e. The summed E-state index contributed by atoms with van der Waals surface area (Å²) in [5.41, 5.74) is -5.84. The van der Waals surface area contributed by atoms with Gasteiger partial charge in [-0.2, -0.15) is 26.3 Å². The zero-order valence-electron chi connectivity index (χ0n) is 19.6. The summed E-state index contributed by atoms with van der Waals surface area (Å²) in [5, 5.41) is 0.198. The molecule has 0 aliphatic rings. The predicted octanol–water partition coefficient (Wildman–Crippen LogP) is 7.48. The Morgan fingerprint density at radius 1 is 0.611 bits per heavy atom. The zero-order valence-corrected chi connectivity index (χ0v) is 20.5. The van der Waals surface area contributed by atoms with Crippen molar-refractivity contribution >= 4 is 24.4 Å². The maximum Gasteiger partial charge on any atom is 0.417 e. The van der Waals surface area contributed by atoms with Gasteiger partial charge in [-0.25, -0.2) is 0 Å². The van der Waals surface area contributed by atoms with Crippen molar-refractivity contribution in [2.24, 2.45) is 0 Å². The number of ketones is 1. The molecule has 0 aliphatic carbocycles. The maximum atomic E-state index is 13.7. The summed E-state index contributed by atoms with van der Waals surface area (Å²) in [6.45, 7) is 5.67. The van der Waals surface area contributed by atoms with Crippen LogP contribution in [0.25, 0.3) is 0 Å². The van der Waals surface area contributed by atoms with Crippen molar-refractivity contribution in [2.45, 2.75) is 40.0 Å². The molecule has 36 heavy (non-hydrogen) atoms. The lowest BCUT2D eigenvalue weighted by Gasteiger charge is -2.22. The van der Waals surface area contributed by atoms with Crippen LogP contribution >= 0.6 is 7.80 Å². The molecular weight excluding hydrogens is 505 g/mol. The molecule has 0 spiro atoms. The molecule has 0 bridgehead atoms. The normalized spacial score (nSPS) is 12.4. The van der Waals surface area contributed by atoms with E-state index < -0.39 is 53.7 Å². The fourth-order valence-corrected chi connectivity index (χ4v) is 5.40. The zero-order chi connectivity index (χ0) is 27.2. The van der Waals surface area contributed by atoms with Gasteiger partial charge in [0.2, 0.25) is 5.52 Å². The van der Waals surface area contributed by atoms with E-state index in [0.717, 1.165) is 0 Å². The molecule has 3 aromatic carbocycles. The molecule has 10 heteroatoms. The monoisotopic (exact) mass is 525 g/mol. The molecule has 3 nitrogen and oxygen atoms in total. The van der Waals surface area contributed by atoms with Crippen LogP contribution in [0.2, 0.25) is 0 Å². The lowest BCUT2D eigenvalue weighted by molar-refractivity contribution is -0.143. The van der Waals surface area contributed by atoms with Gasteiger partial charge in [0.25, 0.3) is 0 Å². The van der Waals surface area contributed by atoms with Gasteiger partial charge in [0.15, 0.2) is 13.6 Å². The van der Waals surface area contributed by atoms with Gasteiger partial charge in [-0.15, -0.1) is 0 Å². The second-order valence-electron chi connectivity index (χ2n) is 8.24. The Morgan fingerprint density at radius 2 is 1.08 bits per heavy atom. The molecule has 1 radical (unpaired) electrons. The van der Waals surface area contributed by atoms with Crippen molar-refractivity contribution in [3.05, 3.63) is 98.6 Å². The van der Waals surface area contributed by atoms with Crippen molar-refractivity contribution in [2.75, 3.05) is 0 Å². The molecule has 0 amide bonds. The van der Waals surface area contributed by atoms with E-state index in [2.05, 4.69) is 0 Å². The van der Waals surface area contributed by atoms with Crippen molar-refractivity contribution in [1.29, 1.82) is 0 Å². The van der Waals surface area contributed by atoms with Crippen LogP contribution in [0.1, 0.15) is 59.7 Å². The van der Waals surface area contributed by atoms with Crippen LogP contribution in [-0.4, -0.2) is 11.3 Å². The number of rotatable bonds is 5. The second-order valence-corrected chi connectivity index (χ2v) is 9.75. The summed E-state index contributed by atoms with van der Waals surface area (Å²) >= 11 is 0. The molecule has 0 N–H and O–H groups in total. The average molecular weight is 525 g/mol. The third-order valence-corrected chi connectivity index (χ3v) is 7.50. The largest absolute Gasteiger partial charge is 0.417 e. The Morgan fingerprint density at radius 3 is 1.56 bits per heavy atom. The lowest BCUT2D eigenvalue weighted by atomic mass is 9.83. The van der Waals surface area contributed by atoms with Gasteiger partial charge in [0.05, 0.1) is 11.1 Å². The number of carbonyl (C=O) groups excluding carboxylic acids is 2. The van der Waals surface area contributed by atoms with E-state index in [1.54, 1.807) is 18.2 Å². The molecule has 1 unspecified atom stereocenters. The minimum atomic E-state index is -5.25. The Labute approximate surface area is 203 Å². The van der Waals surface area contributed by atoms with Gasteiger partial charge in [0.1, 0.15) is 0 Å². The molecule has 0 saturated heterocycles. The summed E-state index contributed by atoms with van der Waals surface area (Å²) in [5.74, 6) is -1.52. The Hall–Kier alpha value is -3.32. The first-order chi connectivity index (χ1) is 16.6. The number of carbonyl (C=O) groups is 2. The standard InChI is InChI=1S/C26H20F6O3P/c1-13-14(2)20(16(4)21(15(13)3)24(34)36(35)17-9-6-5-7-10-17)23(33)22-18(25(27,28)29)11-8-12-19(22)26(30,31)32/h5-12H,1-4H3. The van der Waals surface area contributed by atoms with E-state index in [1.807, 2.05) is 0 Å². The van der Waals surface area contributed by atoms with Gasteiger partial charge in [-0.05, 0) is 74.2 Å². The van der Waals surface area contributed by atoms with E-state index in [1.165, 1.54) is 39.8 Å². The average Bonchev–Trinajstić information content (AvgIpc) is 2.81. The molecule has 3 rings (SSSR count). The van der Waals surface area contributed by atoms with Gasteiger partial charge in [0, 0.05) is 22.0 Å². The Kier molecular flexibility index (Phi) is 7.29. The summed E-state index contributed by atoms with van der Waals surface area (Å²) in [6.07, 6.45) is -10.5. The molecule has 189 valence electrons. The van der Waals surface area contributed by atoms with Crippen LogP contribution in [-0.2, 0) is 16.9 Å². The highest BCUT2D eigenvalue weighted by Crippen LogP contribution is 2.42. The van der Waals surface area contributed by atoms with Crippen LogP contribution in [0, 0.1) is 27.7 Å². The van der Waals surface area contributed by atoms with Crippen molar-refractivity contribution in [1.82, 2.24) is 0 Å². The lowest BCUT2D eigenvalue weighted by Crippen LogP contribution is -2.23. The highest BCUT2D eigenvalue weighted by Gasteiger charge is 2.43. The van der Waals surface area contributed by atoms with Crippen LogP contribution in [0.15, 0.2) is 48.5 Å². The third-order valence-electron chi connectivity index (χ3n) is 6.14. The molecule has 0 aromatic heterocycles. The fourth-order valence-electron chi connectivity index (χ4n) is 4.18. The predicted molar refractivity (Wildman–Crippen MR) is 123 cm³/mol. The van der Waals surface area contributed by atoms with Gasteiger partial charge in [-0.1, -0.05) is 24.3 Å². The van der Waals surface area contributed by atoms with E-state index in [9.17, 15) is 40.5 Å². The summed E-state index contributed by atoms with van der Waals surface area (Å²) in [7, 11) is -2.66. The van der Waals surface area contributed by atoms with Crippen molar-refractivity contribution in [3.8, 4) is 0 Å². The first-order valence-electron chi connectivity index (χ1n) is 10.6. The van der Waals surface area contributed by atoms with E-state index in [-0.39, 0.29) is 22.0 Å². The number of benzene rings is 3. The first kappa shape index (κ1) is 27.3. The summed E-state index contributed by atoms with van der Waals surface area (Å²) < 4.78 is 95.3. The number of hydrogen-bond acceptors (Lipinski definition) is 3. The van der Waals surface area contributed by atoms with Crippen LogP contribution in [0.3, 0.4) is 0 Å². The quantitative estimate of drug-likeness (QED) is 0.197.